The number of amides is 1. The van der Waals surface area contributed by atoms with Crippen LogP contribution in [-0.4, -0.2) is 23.9 Å². The van der Waals surface area contributed by atoms with E-state index < -0.39 is 25.0 Å². The minimum atomic E-state index is -2.62. The zero-order valence-electron chi connectivity index (χ0n) is 11.2. The van der Waals surface area contributed by atoms with E-state index in [2.05, 4.69) is 10.3 Å². The van der Waals surface area contributed by atoms with Crippen LogP contribution in [0, 0.1) is 11.3 Å². The van der Waals surface area contributed by atoms with Gasteiger partial charge in [0.1, 0.15) is 6.04 Å². The Morgan fingerprint density at radius 3 is 2.95 bits per heavy atom. The van der Waals surface area contributed by atoms with Crippen molar-refractivity contribution < 1.29 is 18.3 Å². The average Bonchev–Trinajstić information content (AvgIpc) is 3.05. The zero-order valence-corrected chi connectivity index (χ0v) is 12.0. The summed E-state index contributed by atoms with van der Waals surface area (Å²) < 4.78 is 28.9. The molecule has 8 heteroatoms. The minimum absolute atomic E-state index is 0.0722. The van der Waals surface area contributed by atoms with Gasteiger partial charge in [-0.25, -0.2) is 13.8 Å². The van der Waals surface area contributed by atoms with Crippen LogP contribution < -0.4 is 10.1 Å². The highest BCUT2D eigenvalue weighted by molar-refractivity contribution is 7.08. The molecule has 114 valence electrons. The Balaban J connectivity index is 2.06. The number of hydrogen-bond acceptors (Lipinski definition) is 5. The molecule has 0 saturated heterocycles. The average molecular weight is 323 g/mol. The summed E-state index contributed by atoms with van der Waals surface area (Å²) >= 11 is 1.41. The van der Waals surface area contributed by atoms with Gasteiger partial charge in [-0.05, 0) is 28.5 Å². The summed E-state index contributed by atoms with van der Waals surface area (Å²) in [7, 11) is 0. The largest absolute Gasteiger partial charge is 0.472 e. The number of nitrogens with one attached hydrogen (secondary N) is 1. The second-order valence-electron chi connectivity index (χ2n) is 4.18. The molecule has 1 amide bonds. The Hall–Kier alpha value is -2.53. The number of hydrogen-bond donors (Lipinski definition) is 1. The third-order valence-corrected chi connectivity index (χ3v) is 3.34. The maximum Gasteiger partial charge on any atom is 0.272 e. The number of nitrogens with zero attached hydrogens (tertiary/aromatic N) is 2. The first kappa shape index (κ1) is 15.9. The second-order valence-corrected chi connectivity index (χ2v) is 4.96. The van der Waals surface area contributed by atoms with Gasteiger partial charge < -0.3 is 10.1 Å². The monoisotopic (exact) mass is 323 g/mol. The van der Waals surface area contributed by atoms with Crippen LogP contribution in [0.3, 0.4) is 0 Å². The van der Waals surface area contributed by atoms with Gasteiger partial charge in [0.15, 0.2) is 6.61 Å². The van der Waals surface area contributed by atoms with E-state index in [9.17, 15) is 13.6 Å². The van der Waals surface area contributed by atoms with Gasteiger partial charge in [-0.3, -0.25) is 4.79 Å². The molecule has 0 bridgehead atoms. The number of ether oxygens (including phenoxy) is 1. The van der Waals surface area contributed by atoms with Crippen LogP contribution in [0.15, 0.2) is 35.2 Å². The Bertz CT molecular complexity index is 671. The Morgan fingerprint density at radius 2 is 2.32 bits per heavy atom. The highest BCUT2D eigenvalue weighted by atomic mass is 32.1. The molecule has 22 heavy (non-hydrogen) atoms. The molecule has 2 heterocycles. The lowest BCUT2D eigenvalue weighted by Gasteiger charge is -2.11. The number of halogens is 2. The first-order valence-electron chi connectivity index (χ1n) is 6.19. The summed E-state index contributed by atoms with van der Waals surface area (Å²) in [6.07, 6.45) is -1.34. The summed E-state index contributed by atoms with van der Waals surface area (Å²) in [5.41, 5.74) is 0.860. The van der Waals surface area contributed by atoms with E-state index >= 15 is 0 Å². The number of thiophene rings is 1. The van der Waals surface area contributed by atoms with Crippen molar-refractivity contribution >= 4 is 17.2 Å². The summed E-state index contributed by atoms with van der Waals surface area (Å²) in [6.45, 7) is -0.798. The van der Waals surface area contributed by atoms with Crippen molar-refractivity contribution in [2.75, 3.05) is 6.61 Å². The molecule has 0 aromatic carbocycles. The van der Waals surface area contributed by atoms with Gasteiger partial charge in [0.25, 0.3) is 12.3 Å². The fourth-order valence-electron chi connectivity index (χ4n) is 1.62. The van der Waals surface area contributed by atoms with E-state index in [0.717, 1.165) is 0 Å². The Labute approximate surface area is 129 Å². The molecule has 0 spiro atoms. The standard InChI is InChI=1S/C14H11F2N3O2S/c15-12(16)7-21-13-5-9(1-3-18-13)14(20)19-11(6-17)10-2-4-22-8-10/h1-5,8,11-12H,7H2,(H,19,20)/t11-/m1/s1. The minimum Gasteiger partial charge on any atom is -0.472 e. The van der Waals surface area contributed by atoms with E-state index in [1.807, 2.05) is 6.07 Å². The van der Waals surface area contributed by atoms with Gasteiger partial charge in [0.05, 0.1) is 6.07 Å². The molecule has 2 aromatic heterocycles. The molecule has 0 fully saturated rings. The quantitative estimate of drug-likeness (QED) is 0.887. The summed E-state index contributed by atoms with van der Waals surface area (Å²) in [5.74, 6) is -0.584. The number of rotatable bonds is 6. The number of carbonyl (C=O) groups is 1. The van der Waals surface area contributed by atoms with Crippen molar-refractivity contribution in [3.63, 3.8) is 0 Å². The fraction of sp³-hybridized carbons (Fsp3) is 0.214. The molecular formula is C14H11F2N3O2S. The Morgan fingerprint density at radius 1 is 1.50 bits per heavy atom. The lowest BCUT2D eigenvalue weighted by atomic mass is 10.1. The van der Waals surface area contributed by atoms with Gasteiger partial charge in [-0.1, -0.05) is 0 Å². The summed E-state index contributed by atoms with van der Waals surface area (Å²) in [4.78, 5) is 15.9. The van der Waals surface area contributed by atoms with Gasteiger partial charge in [-0.15, -0.1) is 0 Å². The molecule has 5 nitrogen and oxygen atoms in total. The topological polar surface area (TPSA) is 75.0 Å². The third-order valence-electron chi connectivity index (χ3n) is 2.64. The van der Waals surface area contributed by atoms with Crippen LogP contribution in [0.2, 0.25) is 0 Å². The van der Waals surface area contributed by atoms with Crippen LogP contribution in [0.25, 0.3) is 0 Å². The second kappa shape index (κ2) is 7.47. The molecule has 0 aliphatic carbocycles. The van der Waals surface area contributed by atoms with E-state index in [4.69, 9.17) is 10.00 Å². The van der Waals surface area contributed by atoms with Crippen LogP contribution >= 0.6 is 11.3 Å². The number of carbonyl (C=O) groups excluding carboxylic acids is 1. The predicted octanol–water partition coefficient (Wildman–Crippen LogP) is 2.78. The van der Waals surface area contributed by atoms with Crippen molar-refractivity contribution in [2.24, 2.45) is 0 Å². The maximum atomic E-state index is 12.1. The van der Waals surface area contributed by atoms with E-state index in [0.29, 0.717) is 5.56 Å². The first-order valence-corrected chi connectivity index (χ1v) is 7.14. The first-order chi connectivity index (χ1) is 10.6. The van der Waals surface area contributed by atoms with Gasteiger partial charge in [-0.2, -0.15) is 16.6 Å². The van der Waals surface area contributed by atoms with Crippen molar-refractivity contribution in [1.29, 1.82) is 5.26 Å². The summed E-state index contributed by atoms with van der Waals surface area (Å²) in [6, 6.07) is 5.61. The number of pyridine rings is 1. The molecule has 0 saturated carbocycles. The third kappa shape index (κ3) is 4.23. The molecule has 0 aliphatic rings. The van der Waals surface area contributed by atoms with Crippen LogP contribution in [0.4, 0.5) is 8.78 Å². The molecule has 0 radical (unpaired) electrons. The highest BCUT2D eigenvalue weighted by Crippen LogP contribution is 2.17. The zero-order chi connectivity index (χ0) is 15.9. The van der Waals surface area contributed by atoms with E-state index in [1.54, 1.807) is 16.8 Å². The van der Waals surface area contributed by atoms with Gasteiger partial charge in [0, 0.05) is 17.8 Å². The normalized spacial score (nSPS) is 11.7. The number of aromatic nitrogens is 1. The van der Waals surface area contributed by atoms with Crippen LogP contribution in [-0.2, 0) is 0 Å². The van der Waals surface area contributed by atoms with Gasteiger partial charge in [0.2, 0.25) is 5.88 Å². The van der Waals surface area contributed by atoms with Crippen molar-refractivity contribution in [3.05, 3.63) is 46.3 Å². The smallest absolute Gasteiger partial charge is 0.272 e. The van der Waals surface area contributed by atoms with Crippen molar-refractivity contribution in [3.8, 4) is 11.9 Å². The van der Waals surface area contributed by atoms with E-state index in [-0.39, 0.29) is 11.4 Å². The molecule has 1 N–H and O–H groups in total. The van der Waals surface area contributed by atoms with Crippen LogP contribution in [0.5, 0.6) is 5.88 Å². The predicted molar refractivity (Wildman–Crippen MR) is 75.9 cm³/mol. The molecule has 0 aliphatic heterocycles. The summed E-state index contributed by atoms with van der Waals surface area (Å²) in [5, 5.41) is 15.2. The number of nitriles is 1. The van der Waals surface area contributed by atoms with Gasteiger partial charge >= 0.3 is 0 Å². The lowest BCUT2D eigenvalue weighted by molar-refractivity contribution is 0.0794. The van der Waals surface area contributed by atoms with E-state index in [1.165, 1.54) is 29.7 Å². The van der Waals surface area contributed by atoms with Crippen molar-refractivity contribution in [1.82, 2.24) is 10.3 Å². The molecule has 2 rings (SSSR count). The lowest BCUT2D eigenvalue weighted by Crippen LogP contribution is -2.27. The molecule has 0 unspecified atom stereocenters. The molecule has 1 atom stereocenters. The highest BCUT2D eigenvalue weighted by Gasteiger charge is 2.16. The molecular weight excluding hydrogens is 312 g/mol. The van der Waals surface area contributed by atoms with Crippen LogP contribution in [0.1, 0.15) is 22.0 Å². The van der Waals surface area contributed by atoms with Crippen molar-refractivity contribution in [2.45, 2.75) is 12.5 Å². The maximum absolute atomic E-state index is 12.1. The molecule has 2 aromatic rings. The number of alkyl halides is 2. The fourth-order valence-corrected chi connectivity index (χ4v) is 2.31. The Kier molecular flexibility index (Phi) is 5.38. The SMILES string of the molecule is N#C[C@@H](NC(=O)c1ccnc(OCC(F)F)c1)c1ccsc1.